The van der Waals surface area contributed by atoms with E-state index in [-0.39, 0.29) is 0 Å². The number of aromatic nitrogens is 2. The zero-order valence-electron chi connectivity index (χ0n) is 12.0. The van der Waals surface area contributed by atoms with Gasteiger partial charge in [0.1, 0.15) is 5.82 Å². The second-order valence-corrected chi connectivity index (χ2v) is 6.87. The molecule has 1 aromatic heterocycles. The predicted molar refractivity (Wildman–Crippen MR) is 83.0 cm³/mol. The van der Waals surface area contributed by atoms with Gasteiger partial charge in [-0.15, -0.1) is 11.6 Å². The second kappa shape index (κ2) is 4.77. The number of nitrogens with zero attached hydrogens (tertiary/aromatic N) is 2. The van der Waals surface area contributed by atoms with Crippen molar-refractivity contribution in [3.8, 4) is 0 Å². The lowest BCUT2D eigenvalue weighted by Gasteiger charge is -2.18. The van der Waals surface area contributed by atoms with Gasteiger partial charge in [-0.2, -0.15) is 0 Å². The molecule has 0 amide bonds. The zero-order valence-corrected chi connectivity index (χ0v) is 12.7. The molecule has 2 fully saturated rings. The Morgan fingerprint density at radius 1 is 1.25 bits per heavy atom. The van der Waals surface area contributed by atoms with Gasteiger partial charge < -0.3 is 4.57 Å². The van der Waals surface area contributed by atoms with Gasteiger partial charge in [0, 0.05) is 6.54 Å². The Morgan fingerprint density at radius 2 is 1.95 bits per heavy atom. The van der Waals surface area contributed by atoms with E-state index in [1.807, 2.05) is 0 Å². The number of fused-ring (bicyclic) bond motifs is 1. The normalized spacial score (nSPS) is 19.1. The smallest absolute Gasteiger partial charge is 0.124 e. The highest BCUT2D eigenvalue weighted by molar-refractivity contribution is 6.16. The fourth-order valence-electron chi connectivity index (χ4n) is 3.53. The largest absolute Gasteiger partial charge is 0.327 e. The molecule has 0 radical (unpaired) electrons. The summed E-state index contributed by atoms with van der Waals surface area (Å²) >= 11 is 6.13. The summed E-state index contributed by atoms with van der Waals surface area (Å²) in [7, 11) is 0. The van der Waals surface area contributed by atoms with E-state index < -0.39 is 0 Å². The first kappa shape index (κ1) is 12.7. The molecule has 2 aliphatic carbocycles. The Labute approximate surface area is 125 Å². The first-order chi connectivity index (χ1) is 9.76. The van der Waals surface area contributed by atoms with Gasteiger partial charge in [-0.05, 0) is 68.1 Å². The Hall–Kier alpha value is -1.02. The van der Waals surface area contributed by atoms with E-state index in [1.54, 1.807) is 0 Å². The van der Waals surface area contributed by atoms with Crippen LogP contribution < -0.4 is 0 Å². The molecule has 0 spiro atoms. The van der Waals surface area contributed by atoms with E-state index in [9.17, 15) is 0 Å². The number of alkyl halides is 1. The maximum atomic E-state index is 6.13. The SMILES string of the molecule is Cc1ccc2nc(CCl)n(CC(C3CC3)C3CC3)c2c1. The van der Waals surface area contributed by atoms with Crippen molar-refractivity contribution in [2.75, 3.05) is 0 Å². The van der Waals surface area contributed by atoms with Crippen LogP contribution in [0.15, 0.2) is 18.2 Å². The molecule has 106 valence electrons. The van der Waals surface area contributed by atoms with Gasteiger partial charge in [-0.1, -0.05) is 6.07 Å². The third-order valence-corrected chi connectivity index (χ3v) is 5.19. The monoisotopic (exact) mass is 288 g/mol. The summed E-state index contributed by atoms with van der Waals surface area (Å²) in [5.74, 6) is 4.34. The fourth-order valence-corrected chi connectivity index (χ4v) is 3.74. The van der Waals surface area contributed by atoms with Crippen LogP contribution in [-0.2, 0) is 12.4 Å². The van der Waals surface area contributed by atoms with Gasteiger partial charge >= 0.3 is 0 Å². The molecule has 0 N–H and O–H groups in total. The van der Waals surface area contributed by atoms with Crippen molar-refractivity contribution in [2.24, 2.45) is 17.8 Å². The first-order valence-electron chi connectivity index (χ1n) is 7.78. The maximum absolute atomic E-state index is 6.13. The number of aryl methyl sites for hydroxylation is 1. The van der Waals surface area contributed by atoms with Crippen LogP contribution in [0.3, 0.4) is 0 Å². The zero-order chi connectivity index (χ0) is 13.7. The van der Waals surface area contributed by atoms with E-state index in [1.165, 1.54) is 36.8 Å². The maximum Gasteiger partial charge on any atom is 0.124 e. The number of hydrogen-bond donors (Lipinski definition) is 0. The molecule has 1 heterocycles. The molecule has 1 aromatic carbocycles. The van der Waals surface area contributed by atoms with Gasteiger partial charge in [0.05, 0.1) is 16.9 Å². The van der Waals surface area contributed by atoms with Crippen molar-refractivity contribution >= 4 is 22.6 Å². The first-order valence-corrected chi connectivity index (χ1v) is 8.31. The van der Waals surface area contributed by atoms with Gasteiger partial charge in [-0.25, -0.2) is 4.98 Å². The number of benzene rings is 1. The van der Waals surface area contributed by atoms with Gasteiger partial charge in [0.2, 0.25) is 0 Å². The van der Waals surface area contributed by atoms with Crippen molar-refractivity contribution in [1.29, 1.82) is 0 Å². The highest BCUT2D eigenvalue weighted by atomic mass is 35.5. The minimum atomic E-state index is 0.510. The van der Waals surface area contributed by atoms with E-state index in [0.717, 1.165) is 35.6 Å². The molecular weight excluding hydrogens is 268 g/mol. The summed E-state index contributed by atoms with van der Waals surface area (Å²) in [6, 6.07) is 6.52. The van der Waals surface area contributed by atoms with Crippen molar-refractivity contribution in [2.45, 2.75) is 45.0 Å². The van der Waals surface area contributed by atoms with Crippen LogP contribution in [0, 0.1) is 24.7 Å². The molecule has 4 rings (SSSR count). The molecule has 2 aromatic rings. The molecule has 0 aliphatic heterocycles. The molecule has 0 bridgehead atoms. The summed E-state index contributed by atoms with van der Waals surface area (Å²) in [5.41, 5.74) is 3.66. The highest BCUT2D eigenvalue weighted by Crippen LogP contribution is 2.50. The van der Waals surface area contributed by atoms with E-state index in [4.69, 9.17) is 16.6 Å². The van der Waals surface area contributed by atoms with E-state index >= 15 is 0 Å². The van der Waals surface area contributed by atoms with Gasteiger partial charge in [-0.3, -0.25) is 0 Å². The van der Waals surface area contributed by atoms with Crippen LogP contribution >= 0.6 is 11.6 Å². The van der Waals surface area contributed by atoms with Crippen molar-refractivity contribution in [3.05, 3.63) is 29.6 Å². The number of rotatable bonds is 5. The van der Waals surface area contributed by atoms with Crippen LogP contribution in [0.2, 0.25) is 0 Å². The Morgan fingerprint density at radius 3 is 2.55 bits per heavy atom. The standard InChI is InChI=1S/C17H21ClN2/c1-11-2-7-15-16(8-11)20(17(9-18)19-15)10-14(12-3-4-12)13-5-6-13/h2,7-8,12-14H,3-6,9-10H2,1H3. The highest BCUT2D eigenvalue weighted by Gasteiger charge is 2.41. The Balaban J connectivity index is 1.74. The number of halogens is 1. The van der Waals surface area contributed by atoms with Crippen LogP contribution in [0.25, 0.3) is 11.0 Å². The predicted octanol–water partition coefficient (Wildman–Crippen LogP) is 4.52. The molecule has 0 unspecified atom stereocenters. The average Bonchev–Trinajstić information content (AvgIpc) is 3.33. The van der Waals surface area contributed by atoms with Crippen LogP contribution in [0.5, 0.6) is 0 Å². The lowest BCUT2D eigenvalue weighted by atomic mass is 9.97. The molecule has 0 atom stereocenters. The van der Waals surface area contributed by atoms with Crippen LogP contribution in [0.1, 0.15) is 37.1 Å². The fraction of sp³-hybridized carbons (Fsp3) is 0.588. The third kappa shape index (κ3) is 2.24. The minimum Gasteiger partial charge on any atom is -0.327 e. The summed E-state index contributed by atoms with van der Waals surface area (Å²) in [6.07, 6.45) is 5.73. The number of imidazole rings is 1. The average molecular weight is 289 g/mol. The van der Waals surface area contributed by atoms with Crippen molar-refractivity contribution in [3.63, 3.8) is 0 Å². The second-order valence-electron chi connectivity index (χ2n) is 6.60. The van der Waals surface area contributed by atoms with E-state index in [0.29, 0.717) is 5.88 Å². The quantitative estimate of drug-likeness (QED) is 0.740. The third-order valence-electron chi connectivity index (χ3n) is 4.95. The topological polar surface area (TPSA) is 17.8 Å². The van der Waals surface area contributed by atoms with Crippen molar-refractivity contribution < 1.29 is 0 Å². The number of hydrogen-bond acceptors (Lipinski definition) is 1. The van der Waals surface area contributed by atoms with E-state index in [2.05, 4.69) is 29.7 Å². The van der Waals surface area contributed by atoms with Gasteiger partial charge in [0.15, 0.2) is 0 Å². The Bertz CT molecular complexity index is 626. The molecule has 0 saturated heterocycles. The molecule has 3 heteroatoms. The summed E-state index contributed by atoms with van der Waals surface area (Å²) in [6.45, 7) is 3.27. The summed E-state index contributed by atoms with van der Waals surface area (Å²) in [5, 5.41) is 0. The van der Waals surface area contributed by atoms with Crippen LogP contribution in [-0.4, -0.2) is 9.55 Å². The molecule has 2 aliphatic rings. The Kier molecular flexibility index (Phi) is 3.03. The minimum absolute atomic E-state index is 0.510. The molecule has 2 saturated carbocycles. The lowest BCUT2D eigenvalue weighted by Crippen LogP contribution is -2.16. The van der Waals surface area contributed by atoms with Crippen LogP contribution in [0.4, 0.5) is 0 Å². The molecule has 20 heavy (non-hydrogen) atoms. The lowest BCUT2D eigenvalue weighted by molar-refractivity contribution is 0.350. The molecule has 2 nitrogen and oxygen atoms in total. The van der Waals surface area contributed by atoms with Gasteiger partial charge in [0.25, 0.3) is 0 Å². The summed E-state index contributed by atoms with van der Waals surface area (Å²) in [4.78, 5) is 4.72. The van der Waals surface area contributed by atoms with Crippen molar-refractivity contribution in [1.82, 2.24) is 9.55 Å². The molecular formula is C17H21ClN2. The summed E-state index contributed by atoms with van der Waals surface area (Å²) < 4.78 is 2.40.